The Bertz CT molecular complexity index is 1270. The minimum absolute atomic E-state index is 0.0294. The van der Waals surface area contributed by atoms with Gasteiger partial charge in [0.05, 0.1) is 26.1 Å². The number of fused-ring (bicyclic) bond motifs is 1. The van der Waals surface area contributed by atoms with Crippen LogP contribution in [-0.4, -0.2) is 67.3 Å². The lowest BCUT2D eigenvalue weighted by Gasteiger charge is -2.31. The second kappa shape index (κ2) is 8.64. The van der Waals surface area contributed by atoms with Crippen molar-refractivity contribution in [1.29, 1.82) is 0 Å². The highest BCUT2D eigenvalue weighted by Crippen LogP contribution is 2.43. The molecule has 174 valence electrons. The van der Waals surface area contributed by atoms with Gasteiger partial charge in [-0.2, -0.15) is 4.31 Å². The zero-order chi connectivity index (χ0) is 23.2. The molecule has 0 saturated carbocycles. The van der Waals surface area contributed by atoms with Crippen LogP contribution >= 0.6 is 11.3 Å². The minimum atomic E-state index is -3.79. The summed E-state index contributed by atoms with van der Waals surface area (Å²) in [7, 11) is -1.85. The van der Waals surface area contributed by atoms with Gasteiger partial charge in [0, 0.05) is 38.8 Å². The van der Waals surface area contributed by atoms with Crippen molar-refractivity contribution in [1.82, 2.24) is 14.2 Å². The number of sulfonamides is 1. The summed E-state index contributed by atoms with van der Waals surface area (Å²) >= 11 is 1.60. The molecule has 2 aromatic carbocycles. The Morgan fingerprint density at radius 2 is 1.85 bits per heavy atom. The lowest BCUT2D eigenvalue weighted by Crippen LogP contribution is -2.47. The van der Waals surface area contributed by atoms with Crippen LogP contribution in [0.15, 0.2) is 47.4 Å². The number of thiazole rings is 1. The number of nitro groups is 1. The van der Waals surface area contributed by atoms with Crippen LogP contribution in [0.5, 0.6) is 0 Å². The molecular formula is C22H25N5O4S2. The van der Waals surface area contributed by atoms with Crippen LogP contribution in [0.1, 0.15) is 23.9 Å². The standard InChI is InChI=1S/C22H25N5O4S2/c1-24-11-13-25(14-12-24)33(30,31)16-8-9-18(20(15-16)27(28)29)26-10-4-6-19(26)22-23-17-5-2-3-7-21(17)32-22/h2-3,5,7-9,15,19H,4,6,10-14H2,1H3. The summed E-state index contributed by atoms with van der Waals surface area (Å²) in [6.45, 7) is 2.68. The first-order valence-electron chi connectivity index (χ1n) is 10.9. The predicted molar refractivity (Wildman–Crippen MR) is 128 cm³/mol. The maximum atomic E-state index is 13.1. The average molecular weight is 488 g/mol. The summed E-state index contributed by atoms with van der Waals surface area (Å²) < 4.78 is 28.8. The second-order valence-electron chi connectivity index (χ2n) is 8.49. The van der Waals surface area contributed by atoms with Gasteiger partial charge in [-0.05, 0) is 44.2 Å². The third-order valence-corrected chi connectivity index (χ3v) is 9.43. The molecule has 3 heterocycles. The molecule has 9 nitrogen and oxygen atoms in total. The number of nitro benzene ring substituents is 1. The molecule has 11 heteroatoms. The van der Waals surface area contributed by atoms with Crippen molar-refractivity contribution in [2.24, 2.45) is 0 Å². The predicted octanol–water partition coefficient (Wildman–Crippen LogP) is 3.48. The molecule has 0 amide bonds. The molecule has 2 saturated heterocycles. The van der Waals surface area contributed by atoms with Crippen LogP contribution < -0.4 is 4.90 Å². The minimum Gasteiger partial charge on any atom is -0.357 e. The third-order valence-electron chi connectivity index (χ3n) is 6.40. The number of aromatic nitrogens is 1. The number of benzene rings is 2. The van der Waals surface area contributed by atoms with Gasteiger partial charge < -0.3 is 9.80 Å². The van der Waals surface area contributed by atoms with Gasteiger partial charge in [0.15, 0.2) is 0 Å². The second-order valence-corrected chi connectivity index (χ2v) is 11.5. The maximum Gasteiger partial charge on any atom is 0.293 e. The molecule has 0 radical (unpaired) electrons. The Labute approximate surface area is 196 Å². The molecule has 0 spiro atoms. The fourth-order valence-corrected chi connectivity index (χ4v) is 7.13. The molecule has 1 aromatic heterocycles. The average Bonchev–Trinajstić information content (AvgIpc) is 3.45. The number of likely N-dealkylation sites (N-methyl/N-ethyl adjacent to an activating group) is 1. The number of rotatable bonds is 5. The largest absolute Gasteiger partial charge is 0.357 e. The zero-order valence-electron chi connectivity index (χ0n) is 18.3. The summed E-state index contributed by atoms with van der Waals surface area (Å²) in [6, 6.07) is 12.2. The fraction of sp³-hybridized carbons (Fsp3) is 0.409. The normalized spacial score (nSPS) is 20.5. The van der Waals surface area contributed by atoms with Crippen molar-refractivity contribution in [2.75, 3.05) is 44.7 Å². The summed E-state index contributed by atoms with van der Waals surface area (Å²) in [4.78, 5) is 20.3. The molecule has 2 aliphatic heterocycles. The highest BCUT2D eigenvalue weighted by molar-refractivity contribution is 7.89. The topological polar surface area (TPSA) is 99.9 Å². The van der Waals surface area contributed by atoms with Gasteiger partial charge in [0.1, 0.15) is 10.7 Å². The van der Waals surface area contributed by atoms with E-state index in [1.807, 2.05) is 36.2 Å². The van der Waals surface area contributed by atoms with Crippen molar-refractivity contribution in [3.63, 3.8) is 0 Å². The molecule has 1 unspecified atom stereocenters. The van der Waals surface area contributed by atoms with Crippen LogP contribution in [0, 0.1) is 10.1 Å². The lowest BCUT2D eigenvalue weighted by molar-refractivity contribution is -0.384. The first-order chi connectivity index (χ1) is 15.8. The van der Waals surface area contributed by atoms with Crippen LogP contribution in [0.3, 0.4) is 0 Å². The molecule has 3 aromatic rings. The number of nitrogens with zero attached hydrogens (tertiary/aromatic N) is 5. The van der Waals surface area contributed by atoms with Gasteiger partial charge in [-0.1, -0.05) is 12.1 Å². The van der Waals surface area contributed by atoms with Crippen molar-refractivity contribution in [3.8, 4) is 0 Å². The smallest absolute Gasteiger partial charge is 0.293 e. The van der Waals surface area contributed by atoms with E-state index in [1.54, 1.807) is 17.4 Å². The van der Waals surface area contributed by atoms with E-state index in [9.17, 15) is 18.5 Å². The molecule has 0 bridgehead atoms. The van der Waals surface area contributed by atoms with E-state index >= 15 is 0 Å². The monoisotopic (exact) mass is 487 g/mol. The van der Waals surface area contributed by atoms with Gasteiger partial charge in [0.25, 0.3) is 5.69 Å². The van der Waals surface area contributed by atoms with Crippen LogP contribution in [0.25, 0.3) is 10.2 Å². The van der Waals surface area contributed by atoms with Crippen molar-refractivity contribution in [2.45, 2.75) is 23.8 Å². The Kier molecular flexibility index (Phi) is 5.81. The van der Waals surface area contributed by atoms with Crippen molar-refractivity contribution < 1.29 is 13.3 Å². The molecule has 5 rings (SSSR count). The van der Waals surface area contributed by atoms with Crippen LogP contribution in [0.2, 0.25) is 0 Å². The zero-order valence-corrected chi connectivity index (χ0v) is 19.9. The van der Waals surface area contributed by atoms with Crippen LogP contribution in [-0.2, 0) is 10.0 Å². The summed E-state index contributed by atoms with van der Waals surface area (Å²) in [5.74, 6) is 0. The molecular weight excluding hydrogens is 462 g/mol. The first-order valence-corrected chi connectivity index (χ1v) is 13.2. The van der Waals surface area contributed by atoms with E-state index in [1.165, 1.54) is 16.4 Å². The third kappa shape index (κ3) is 4.10. The van der Waals surface area contributed by atoms with E-state index in [4.69, 9.17) is 4.98 Å². The molecule has 2 aliphatic rings. The van der Waals surface area contributed by atoms with Gasteiger partial charge in [-0.15, -0.1) is 11.3 Å². The van der Waals surface area contributed by atoms with Crippen LogP contribution in [0.4, 0.5) is 11.4 Å². The van der Waals surface area contributed by atoms with Gasteiger partial charge in [0.2, 0.25) is 10.0 Å². The maximum absolute atomic E-state index is 13.1. The quantitative estimate of drug-likeness (QED) is 0.401. The highest BCUT2D eigenvalue weighted by atomic mass is 32.2. The van der Waals surface area contributed by atoms with Crippen molar-refractivity contribution >= 4 is 43.0 Å². The first kappa shape index (κ1) is 22.2. The molecule has 1 atom stereocenters. The molecule has 0 aliphatic carbocycles. The number of para-hydroxylation sites is 1. The van der Waals surface area contributed by atoms with Crippen molar-refractivity contribution in [3.05, 3.63) is 57.6 Å². The van der Waals surface area contributed by atoms with Gasteiger partial charge in [-0.25, -0.2) is 13.4 Å². The summed E-state index contributed by atoms with van der Waals surface area (Å²) in [5.41, 5.74) is 1.18. The Morgan fingerprint density at radius 3 is 2.58 bits per heavy atom. The lowest BCUT2D eigenvalue weighted by atomic mass is 10.2. The van der Waals surface area contributed by atoms with E-state index in [2.05, 4.69) is 4.90 Å². The molecule has 0 N–H and O–H groups in total. The van der Waals surface area contributed by atoms with E-state index in [-0.39, 0.29) is 16.6 Å². The van der Waals surface area contributed by atoms with E-state index in [0.29, 0.717) is 38.4 Å². The Hall–Kier alpha value is -2.60. The summed E-state index contributed by atoms with van der Waals surface area (Å²) in [5, 5.41) is 12.9. The number of piperazine rings is 1. The number of hydrogen-bond donors (Lipinski definition) is 0. The number of anilines is 1. The number of hydrogen-bond acceptors (Lipinski definition) is 8. The Morgan fingerprint density at radius 1 is 1.09 bits per heavy atom. The SMILES string of the molecule is CN1CCN(S(=O)(=O)c2ccc(N3CCCC3c3nc4ccccc4s3)c([N+](=O)[O-])c2)CC1. The molecule has 2 fully saturated rings. The molecule has 33 heavy (non-hydrogen) atoms. The van der Waals surface area contributed by atoms with Gasteiger partial charge in [-0.3, -0.25) is 10.1 Å². The van der Waals surface area contributed by atoms with Gasteiger partial charge >= 0.3 is 0 Å². The fourth-order valence-electron chi connectivity index (χ4n) is 4.57. The van der Waals surface area contributed by atoms with E-state index < -0.39 is 14.9 Å². The highest BCUT2D eigenvalue weighted by Gasteiger charge is 2.35. The Balaban J connectivity index is 1.49. The summed E-state index contributed by atoms with van der Waals surface area (Å²) in [6.07, 6.45) is 1.73. The van der Waals surface area contributed by atoms with E-state index in [0.717, 1.165) is 28.1 Å².